The van der Waals surface area contributed by atoms with E-state index in [1.54, 1.807) is 36.4 Å². The van der Waals surface area contributed by atoms with Crippen molar-refractivity contribution in [1.29, 1.82) is 0 Å². The Kier molecular flexibility index (Phi) is 8.90. The number of rotatable bonds is 9. The van der Waals surface area contributed by atoms with Crippen molar-refractivity contribution in [2.75, 3.05) is 24.3 Å². The maximum atomic E-state index is 13.9. The second-order valence-electron chi connectivity index (χ2n) is 9.38. The number of amides is 4. The van der Waals surface area contributed by atoms with E-state index < -0.39 is 42.3 Å². The SMILES string of the molecule is COC(=O)C[C@H](NC(=O)CN1C(=O)c2cc(NC(C)=O)ccc2NC(=O)[C@@H]1Cc1ccccc1)c1ccccc1. The zero-order valence-corrected chi connectivity index (χ0v) is 22.2. The van der Waals surface area contributed by atoms with Gasteiger partial charge < -0.3 is 25.6 Å². The Morgan fingerprint density at radius 2 is 1.65 bits per heavy atom. The Bertz CT molecular complexity index is 1410. The van der Waals surface area contributed by atoms with E-state index in [9.17, 15) is 24.0 Å². The molecule has 3 aromatic rings. The van der Waals surface area contributed by atoms with Crippen molar-refractivity contribution in [3.8, 4) is 0 Å². The lowest BCUT2D eigenvalue weighted by molar-refractivity contribution is -0.141. The fourth-order valence-corrected chi connectivity index (χ4v) is 4.57. The molecule has 0 fully saturated rings. The largest absolute Gasteiger partial charge is 0.469 e. The van der Waals surface area contributed by atoms with E-state index in [-0.39, 0.29) is 30.0 Å². The van der Waals surface area contributed by atoms with Crippen LogP contribution in [0.15, 0.2) is 78.9 Å². The number of esters is 1. The maximum Gasteiger partial charge on any atom is 0.307 e. The molecule has 0 spiro atoms. The molecule has 4 amide bonds. The molecule has 1 heterocycles. The minimum Gasteiger partial charge on any atom is -0.469 e. The summed E-state index contributed by atoms with van der Waals surface area (Å²) in [5, 5.41) is 8.26. The van der Waals surface area contributed by atoms with Crippen molar-refractivity contribution in [3.05, 3.63) is 95.6 Å². The van der Waals surface area contributed by atoms with Crippen molar-refractivity contribution in [2.24, 2.45) is 0 Å². The molecule has 40 heavy (non-hydrogen) atoms. The maximum absolute atomic E-state index is 13.9. The van der Waals surface area contributed by atoms with Crippen LogP contribution >= 0.6 is 0 Å². The van der Waals surface area contributed by atoms with Gasteiger partial charge in [-0.25, -0.2) is 0 Å². The smallest absolute Gasteiger partial charge is 0.307 e. The predicted molar refractivity (Wildman–Crippen MR) is 148 cm³/mol. The highest BCUT2D eigenvalue weighted by atomic mass is 16.5. The lowest BCUT2D eigenvalue weighted by atomic mass is 10.0. The Hall–Kier alpha value is -4.99. The van der Waals surface area contributed by atoms with Crippen LogP contribution in [0, 0.1) is 0 Å². The van der Waals surface area contributed by atoms with E-state index in [1.165, 1.54) is 25.0 Å². The minimum atomic E-state index is -1.01. The quantitative estimate of drug-likeness (QED) is 0.356. The van der Waals surface area contributed by atoms with Crippen molar-refractivity contribution in [3.63, 3.8) is 0 Å². The molecule has 4 rings (SSSR count). The summed E-state index contributed by atoms with van der Waals surface area (Å²) in [7, 11) is 1.27. The summed E-state index contributed by atoms with van der Waals surface area (Å²) in [5.74, 6) is -2.40. The van der Waals surface area contributed by atoms with Gasteiger partial charge in [-0.2, -0.15) is 0 Å². The highest BCUT2D eigenvalue weighted by Crippen LogP contribution is 2.28. The average molecular weight is 543 g/mol. The first-order chi connectivity index (χ1) is 19.2. The van der Waals surface area contributed by atoms with E-state index in [0.717, 1.165) is 5.56 Å². The zero-order valence-electron chi connectivity index (χ0n) is 22.2. The molecule has 1 aliphatic heterocycles. The molecular weight excluding hydrogens is 512 g/mol. The monoisotopic (exact) mass is 542 g/mol. The second kappa shape index (κ2) is 12.7. The van der Waals surface area contributed by atoms with Gasteiger partial charge in [-0.15, -0.1) is 0 Å². The molecule has 10 nitrogen and oxygen atoms in total. The standard InChI is InChI=1S/C30H30N4O6/c1-19(35)31-22-13-14-24-23(16-22)30(39)34(26(29(38)33-24)15-20-9-5-3-6-10-20)18-27(36)32-25(17-28(37)40-2)21-11-7-4-8-12-21/h3-14,16,25-26H,15,17-18H2,1-2H3,(H,31,35)(H,32,36)(H,33,38)/t25-,26-/m0/s1. The predicted octanol–water partition coefficient (Wildman–Crippen LogP) is 3.07. The third-order valence-corrected chi connectivity index (χ3v) is 6.49. The van der Waals surface area contributed by atoms with Gasteiger partial charge in [0.1, 0.15) is 12.6 Å². The molecule has 0 saturated heterocycles. The number of anilines is 2. The molecule has 3 aromatic carbocycles. The summed E-state index contributed by atoms with van der Waals surface area (Å²) in [6, 6.07) is 21.0. The van der Waals surface area contributed by atoms with Crippen LogP contribution in [0.2, 0.25) is 0 Å². The Morgan fingerprint density at radius 1 is 0.975 bits per heavy atom. The fraction of sp³-hybridized carbons (Fsp3) is 0.233. The summed E-state index contributed by atoms with van der Waals surface area (Å²) in [4.78, 5) is 65.7. The molecule has 0 radical (unpaired) electrons. The van der Waals surface area contributed by atoms with E-state index in [4.69, 9.17) is 4.74 Å². The highest BCUT2D eigenvalue weighted by molar-refractivity contribution is 6.11. The first-order valence-corrected chi connectivity index (χ1v) is 12.7. The van der Waals surface area contributed by atoms with Crippen LogP contribution in [0.3, 0.4) is 0 Å². The van der Waals surface area contributed by atoms with Gasteiger partial charge in [0.25, 0.3) is 5.91 Å². The molecule has 206 valence electrons. The number of fused-ring (bicyclic) bond motifs is 1. The van der Waals surface area contributed by atoms with E-state index in [1.807, 2.05) is 36.4 Å². The van der Waals surface area contributed by atoms with Gasteiger partial charge >= 0.3 is 5.97 Å². The number of carbonyl (C=O) groups excluding carboxylic acids is 5. The lowest BCUT2D eigenvalue weighted by Crippen LogP contribution is -2.51. The number of carbonyl (C=O) groups is 5. The van der Waals surface area contributed by atoms with Crippen molar-refractivity contribution >= 4 is 41.0 Å². The molecule has 0 unspecified atom stereocenters. The molecule has 3 N–H and O–H groups in total. The lowest BCUT2D eigenvalue weighted by Gasteiger charge is -2.29. The van der Waals surface area contributed by atoms with Crippen molar-refractivity contribution < 1.29 is 28.7 Å². The van der Waals surface area contributed by atoms with Crippen LogP contribution in [0.1, 0.15) is 40.9 Å². The average Bonchev–Trinajstić information content (AvgIpc) is 3.03. The Balaban J connectivity index is 1.66. The van der Waals surface area contributed by atoms with Gasteiger partial charge in [-0.3, -0.25) is 24.0 Å². The Labute approximate surface area is 231 Å². The summed E-state index contributed by atoms with van der Waals surface area (Å²) >= 11 is 0. The van der Waals surface area contributed by atoms with Crippen molar-refractivity contribution in [1.82, 2.24) is 10.2 Å². The third kappa shape index (κ3) is 6.90. The molecule has 1 aliphatic rings. The second-order valence-corrected chi connectivity index (χ2v) is 9.38. The van der Waals surface area contributed by atoms with Crippen LogP contribution in [0.5, 0.6) is 0 Å². The number of hydrogen-bond donors (Lipinski definition) is 3. The number of nitrogens with one attached hydrogen (secondary N) is 3. The Morgan fingerprint density at radius 3 is 2.30 bits per heavy atom. The van der Waals surface area contributed by atoms with Crippen LogP contribution in [-0.4, -0.2) is 54.2 Å². The fourth-order valence-electron chi connectivity index (χ4n) is 4.57. The first-order valence-electron chi connectivity index (χ1n) is 12.7. The van der Waals surface area contributed by atoms with Gasteiger partial charge in [0.05, 0.1) is 30.8 Å². The van der Waals surface area contributed by atoms with Gasteiger partial charge in [0.2, 0.25) is 17.7 Å². The van der Waals surface area contributed by atoms with Crippen LogP contribution in [-0.2, 0) is 30.3 Å². The number of benzene rings is 3. The number of hydrogen-bond acceptors (Lipinski definition) is 6. The molecule has 0 saturated carbocycles. The molecular formula is C30H30N4O6. The summed E-state index contributed by atoms with van der Waals surface area (Å²) in [6.45, 7) is 0.900. The van der Waals surface area contributed by atoms with Crippen LogP contribution < -0.4 is 16.0 Å². The molecule has 10 heteroatoms. The van der Waals surface area contributed by atoms with Crippen LogP contribution in [0.25, 0.3) is 0 Å². The van der Waals surface area contributed by atoms with Gasteiger partial charge in [0.15, 0.2) is 0 Å². The topological polar surface area (TPSA) is 134 Å². The molecule has 0 bridgehead atoms. The van der Waals surface area contributed by atoms with Gasteiger partial charge in [0, 0.05) is 19.0 Å². The zero-order chi connectivity index (χ0) is 28.6. The third-order valence-electron chi connectivity index (χ3n) is 6.49. The molecule has 2 atom stereocenters. The normalized spacial score (nSPS) is 15.2. The first kappa shape index (κ1) is 28.0. The van der Waals surface area contributed by atoms with E-state index in [0.29, 0.717) is 11.3 Å². The van der Waals surface area contributed by atoms with E-state index in [2.05, 4.69) is 16.0 Å². The van der Waals surface area contributed by atoms with Gasteiger partial charge in [-0.05, 0) is 29.3 Å². The summed E-state index contributed by atoms with van der Waals surface area (Å²) < 4.78 is 4.80. The van der Waals surface area contributed by atoms with Crippen molar-refractivity contribution in [2.45, 2.75) is 31.8 Å². The summed E-state index contributed by atoms with van der Waals surface area (Å²) in [6.07, 6.45) is 0.0551. The van der Waals surface area contributed by atoms with Gasteiger partial charge in [-0.1, -0.05) is 60.7 Å². The number of nitrogens with zero attached hydrogens (tertiary/aromatic N) is 1. The van der Waals surface area contributed by atoms with Crippen LogP contribution in [0.4, 0.5) is 11.4 Å². The number of methoxy groups -OCH3 is 1. The highest BCUT2D eigenvalue weighted by Gasteiger charge is 2.37. The van der Waals surface area contributed by atoms with E-state index >= 15 is 0 Å². The minimum absolute atomic E-state index is 0.114. The molecule has 0 aromatic heterocycles. The molecule has 0 aliphatic carbocycles. The number of ether oxygens (including phenoxy) is 1. The summed E-state index contributed by atoms with van der Waals surface area (Å²) in [5.41, 5.74) is 2.28.